The molecule has 0 aliphatic carbocycles. The number of Topliss-reactive ketones (excluding diaryl/α,β-unsaturated/α-hetero) is 1. The second-order valence-electron chi connectivity index (χ2n) is 16.6. The van der Waals surface area contributed by atoms with E-state index < -0.39 is 41.0 Å². The number of aromatic nitrogens is 4. The number of rotatable bonds is 10. The number of hydrogen-bond donors (Lipinski definition) is 4. The lowest BCUT2D eigenvalue weighted by Gasteiger charge is -2.45. The standard InChI is InChI=1S/C19H29N3O6S.C15H21N3O6S.C3H9NO/c1-11(7-23)6-14(24)17-20-16(19(3,4)29(5,25)26)15-18(21-17)22-12(2)8-27-9-13(22)10-28-15;1-8-5-23-6-9-7-24-10-11(15(2,3)25(4,21)22)16-12(14(19)20)17-13(10)18(8)9;1-3(4)2-5/h11-13,23H,6-10H2,1-5H3;8-9H,5-7H2,1-4H3,(H,19,20);3,5H,2,4H2,1H3/t11?,12-,13+;8-,9+;/m11./s1. The predicted octanol–water partition coefficient (Wildman–Crippen LogP) is 0.710. The number of morpholine rings is 2. The molecule has 6 rings (SSSR count). The molecule has 0 aromatic carbocycles. The molecule has 2 unspecified atom stereocenters. The van der Waals surface area contributed by atoms with Gasteiger partial charge in [0.1, 0.15) is 34.1 Å². The summed E-state index contributed by atoms with van der Waals surface area (Å²) in [6.07, 6.45) is 2.29. The van der Waals surface area contributed by atoms with Gasteiger partial charge in [0.2, 0.25) is 5.82 Å². The van der Waals surface area contributed by atoms with Crippen LogP contribution in [0.2, 0.25) is 0 Å². The fraction of sp³-hybridized carbons (Fsp3) is 0.730. The molecule has 6 heterocycles. The third-order valence-corrected chi connectivity index (χ3v) is 14.8. The highest BCUT2D eigenvalue weighted by Gasteiger charge is 2.46. The lowest BCUT2D eigenvalue weighted by Crippen LogP contribution is -2.56. The molecule has 5 N–H and O–H groups in total. The average Bonchev–Trinajstić information content (AvgIpc) is 3.16. The molecule has 4 aliphatic heterocycles. The van der Waals surface area contributed by atoms with Gasteiger partial charge in [-0.05, 0) is 54.4 Å². The average molecular weight is 874 g/mol. The Bertz CT molecular complexity index is 2080. The smallest absolute Gasteiger partial charge is 0.374 e. The Morgan fingerprint density at radius 3 is 1.47 bits per heavy atom. The summed E-state index contributed by atoms with van der Waals surface area (Å²) in [5.74, 6) is -1.15. The van der Waals surface area contributed by atoms with Crippen molar-refractivity contribution in [3.63, 3.8) is 0 Å². The molecule has 0 spiro atoms. The summed E-state index contributed by atoms with van der Waals surface area (Å²) in [6.45, 7) is 15.9. The van der Waals surface area contributed by atoms with Gasteiger partial charge >= 0.3 is 5.97 Å². The quantitative estimate of drug-likeness (QED) is 0.239. The first-order valence-electron chi connectivity index (χ1n) is 19.2. The first-order valence-corrected chi connectivity index (χ1v) is 23.0. The van der Waals surface area contributed by atoms with E-state index in [-0.39, 0.29) is 84.5 Å². The van der Waals surface area contributed by atoms with Gasteiger partial charge in [-0.1, -0.05) is 6.92 Å². The largest absolute Gasteiger partial charge is 0.486 e. The van der Waals surface area contributed by atoms with E-state index in [4.69, 9.17) is 29.8 Å². The van der Waals surface area contributed by atoms with Crippen LogP contribution in [0, 0.1) is 5.92 Å². The third-order valence-electron chi connectivity index (χ3n) is 10.7. The van der Waals surface area contributed by atoms with Crippen LogP contribution in [0.15, 0.2) is 0 Å². The lowest BCUT2D eigenvalue weighted by molar-refractivity contribution is 0.0479. The fourth-order valence-electron chi connectivity index (χ4n) is 6.52. The maximum atomic E-state index is 12.8. The fourth-order valence-corrected chi connectivity index (χ4v) is 7.50. The summed E-state index contributed by atoms with van der Waals surface area (Å²) in [7, 11) is -7.15. The van der Waals surface area contributed by atoms with Crippen molar-refractivity contribution < 1.29 is 60.7 Å². The number of nitrogens with two attached hydrogens (primary N) is 1. The van der Waals surface area contributed by atoms with Crippen molar-refractivity contribution >= 4 is 43.1 Å². The van der Waals surface area contributed by atoms with E-state index in [9.17, 15) is 36.6 Å². The van der Waals surface area contributed by atoms with E-state index in [2.05, 4.69) is 19.9 Å². The van der Waals surface area contributed by atoms with Crippen LogP contribution in [0.3, 0.4) is 0 Å². The number of carboxylic acids is 1. The number of aliphatic hydroxyl groups excluding tert-OH is 2. The van der Waals surface area contributed by atoms with Crippen LogP contribution in [0.1, 0.15) is 94.4 Å². The van der Waals surface area contributed by atoms with Gasteiger partial charge in [0.25, 0.3) is 0 Å². The number of anilines is 2. The molecule has 4 aliphatic rings. The Morgan fingerprint density at radius 2 is 1.12 bits per heavy atom. The van der Waals surface area contributed by atoms with E-state index in [1.54, 1.807) is 27.7 Å². The molecule has 2 aromatic rings. The Labute approximate surface area is 345 Å². The van der Waals surface area contributed by atoms with E-state index in [0.717, 1.165) is 12.5 Å². The number of carbonyl (C=O) groups excluding carboxylic acids is 1. The first kappa shape index (κ1) is 47.9. The zero-order valence-corrected chi connectivity index (χ0v) is 37.0. The number of fused-ring (bicyclic) bond motifs is 6. The number of aromatic carboxylic acids is 1. The molecule has 6 atom stereocenters. The Morgan fingerprint density at radius 1 is 0.729 bits per heavy atom. The number of ketones is 1. The van der Waals surface area contributed by atoms with E-state index >= 15 is 0 Å². The topological polar surface area (TPSA) is 284 Å². The zero-order chi connectivity index (χ0) is 44.4. The van der Waals surface area contributed by atoms with Crippen molar-refractivity contribution in [3.8, 4) is 11.5 Å². The van der Waals surface area contributed by atoms with Gasteiger partial charge in [-0.15, -0.1) is 0 Å². The van der Waals surface area contributed by atoms with Gasteiger partial charge in [0, 0.05) is 31.6 Å². The molecule has 2 aromatic heterocycles. The Kier molecular flexibility index (Phi) is 15.0. The highest BCUT2D eigenvalue weighted by molar-refractivity contribution is 7.91. The Balaban J connectivity index is 0.000000236. The SMILES string of the molecule is CC(CO)CC(=O)c1nc2c(c(C(C)(C)S(C)(=O)=O)n1)OC[C@@H]1COC[C@@H](C)N21.CC(N)CO.C[C@@H]1COC[C@H]2COc3c(nc(C(=O)O)nc3C(C)(C)S(C)(=O)=O)N21. The van der Waals surface area contributed by atoms with Crippen LogP contribution in [-0.4, -0.2) is 159 Å². The Hall–Kier alpha value is -3.80. The van der Waals surface area contributed by atoms with Crippen LogP contribution < -0.4 is 25.0 Å². The van der Waals surface area contributed by atoms with Crippen molar-refractivity contribution in [1.82, 2.24) is 19.9 Å². The molecule has 0 amide bonds. The highest BCUT2D eigenvalue weighted by Crippen LogP contribution is 2.45. The van der Waals surface area contributed by atoms with Gasteiger partial charge in [0.15, 0.2) is 54.4 Å². The summed E-state index contributed by atoms with van der Waals surface area (Å²) >= 11 is 0. The van der Waals surface area contributed by atoms with Crippen molar-refractivity contribution in [2.24, 2.45) is 11.7 Å². The van der Waals surface area contributed by atoms with E-state index in [1.807, 2.05) is 23.6 Å². The molecular weight excluding hydrogens is 815 g/mol. The van der Waals surface area contributed by atoms with E-state index in [1.165, 1.54) is 13.8 Å². The molecule has 22 heteroatoms. The monoisotopic (exact) mass is 873 g/mol. The minimum absolute atomic E-state index is 0.0141. The molecule has 20 nitrogen and oxygen atoms in total. The van der Waals surface area contributed by atoms with Gasteiger partial charge in [-0.2, -0.15) is 0 Å². The maximum absolute atomic E-state index is 12.8. The van der Waals surface area contributed by atoms with Crippen LogP contribution >= 0.6 is 0 Å². The van der Waals surface area contributed by atoms with Crippen molar-refractivity contribution in [1.29, 1.82) is 0 Å². The summed E-state index contributed by atoms with van der Waals surface area (Å²) in [5, 5.41) is 26.7. The minimum atomic E-state index is -3.58. The number of sulfone groups is 2. The molecule has 0 radical (unpaired) electrons. The van der Waals surface area contributed by atoms with Crippen molar-refractivity contribution in [3.05, 3.63) is 23.0 Å². The number of hydrogen-bond acceptors (Lipinski definition) is 19. The highest BCUT2D eigenvalue weighted by atomic mass is 32.2. The summed E-state index contributed by atoms with van der Waals surface area (Å²) in [4.78, 5) is 45.3. The molecular formula is C37H59N7O13S2. The number of aliphatic hydroxyl groups is 2. The molecule has 59 heavy (non-hydrogen) atoms. The van der Waals surface area contributed by atoms with Crippen LogP contribution in [0.25, 0.3) is 0 Å². The number of ether oxygens (including phenoxy) is 4. The number of nitrogens with zero attached hydrogens (tertiary/aromatic N) is 6. The molecule has 2 saturated heterocycles. The predicted molar refractivity (Wildman–Crippen MR) is 217 cm³/mol. The van der Waals surface area contributed by atoms with Gasteiger partial charge in [-0.25, -0.2) is 41.6 Å². The third kappa shape index (κ3) is 10.2. The van der Waals surface area contributed by atoms with Crippen molar-refractivity contribution in [2.75, 3.05) is 75.2 Å². The van der Waals surface area contributed by atoms with Gasteiger partial charge in [0.05, 0.1) is 57.2 Å². The normalized spacial score (nSPS) is 22.5. The second-order valence-corrected chi connectivity index (χ2v) is 21.7. The maximum Gasteiger partial charge on any atom is 0.374 e. The number of carbonyl (C=O) groups is 2. The zero-order valence-electron chi connectivity index (χ0n) is 35.3. The number of carboxylic acid groups (broad SMARTS) is 1. The summed E-state index contributed by atoms with van der Waals surface area (Å²) in [6, 6.07) is -0.307. The summed E-state index contributed by atoms with van der Waals surface area (Å²) < 4.78 is 69.6. The van der Waals surface area contributed by atoms with Crippen LogP contribution in [0.5, 0.6) is 11.5 Å². The van der Waals surface area contributed by atoms with Crippen molar-refractivity contribution in [2.45, 2.75) is 102 Å². The van der Waals surface area contributed by atoms with Crippen LogP contribution in [0.4, 0.5) is 11.6 Å². The molecule has 0 bridgehead atoms. The first-order chi connectivity index (χ1) is 27.3. The molecule has 0 saturated carbocycles. The molecule has 332 valence electrons. The summed E-state index contributed by atoms with van der Waals surface area (Å²) in [5.41, 5.74) is 5.29. The van der Waals surface area contributed by atoms with Gasteiger partial charge < -0.3 is 49.8 Å². The van der Waals surface area contributed by atoms with Gasteiger partial charge in [-0.3, -0.25) is 4.79 Å². The second kappa shape index (κ2) is 18.4. The minimum Gasteiger partial charge on any atom is -0.486 e. The lowest BCUT2D eigenvalue weighted by atomic mass is 10.0. The molecule has 2 fully saturated rings. The van der Waals surface area contributed by atoms with Crippen LogP contribution in [-0.2, 0) is 38.6 Å². The van der Waals surface area contributed by atoms with E-state index in [0.29, 0.717) is 57.0 Å².